The highest BCUT2D eigenvalue weighted by molar-refractivity contribution is 6.02. The molecule has 1 aromatic carbocycles. The predicted molar refractivity (Wildman–Crippen MR) is 66.2 cm³/mol. The van der Waals surface area contributed by atoms with Crippen molar-refractivity contribution in [2.75, 3.05) is 18.4 Å². The summed E-state index contributed by atoms with van der Waals surface area (Å²) in [5, 5.41) is 12.5. The van der Waals surface area contributed by atoms with E-state index in [0.29, 0.717) is 25.2 Å². The van der Waals surface area contributed by atoms with E-state index < -0.39 is 29.0 Å². The topological polar surface area (TPSA) is 71.8 Å². The van der Waals surface area contributed by atoms with Gasteiger partial charge in [-0.2, -0.15) is 0 Å². The molecule has 1 fully saturated rings. The Morgan fingerprint density at radius 2 is 2.10 bits per heavy atom. The number of halogens is 3. The molecule has 2 N–H and O–H groups in total. The Hall–Kier alpha value is -2.42. The lowest BCUT2D eigenvalue weighted by Gasteiger charge is -2.26. The smallest absolute Gasteiger partial charge is 0.277 e. The molecule has 1 aliphatic rings. The first-order valence-electron chi connectivity index (χ1n) is 6.13. The third-order valence-electron chi connectivity index (χ3n) is 3.12. The lowest BCUT2D eigenvalue weighted by atomic mass is 10.2. The fourth-order valence-corrected chi connectivity index (χ4v) is 1.85. The van der Waals surface area contributed by atoms with Gasteiger partial charge in [-0.25, -0.2) is 17.9 Å². The van der Waals surface area contributed by atoms with Gasteiger partial charge in [0.15, 0.2) is 17.3 Å². The molecule has 9 heteroatoms. The minimum absolute atomic E-state index is 0.0639. The van der Waals surface area contributed by atoms with Crippen LogP contribution < -0.4 is 10.6 Å². The van der Waals surface area contributed by atoms with E-state index >= 15 is 0 Å². The second kappa shape index (κ2) is 5.17. The van der Waals surface area contributed by atoms with Crippen molar-refractivity contribution < 1.29 is 18.0 Å². The first-order chi connectivity index (χ1) is 10.0. The van der Waals surface area contributed by atoms with Gasteiger partial charge < -0.3 is 10.6 Å². The molecule has 1 saturated heterocycles. The quantitative estimate of drug-likeness (QED) is 0.832. The molecule has 0 spiro atoms. The Morgan fingerprint density at radius 3 is 2.76 bits per heavy atom. The Labute approximate surface area is 116 Å². The van der Waals surface area contributed by atoms with E-state index in [-0.39, 0.29) is 11.7 Å². The molecule has 110 valence electrons. The molecule has 1 aromatic heterocycles. The summed E-state index contributed by atoms with van der Waals surface area (Å²) in [5.41, 5.74) is -0.650. The van der Waals surface area contributed by atoms with Crippen molar-refractivity contribution in [1.29, 1.82) is 0 Å². The molecule has 1 aliphatic heterocycles. The fraction of sp³-hybridized carbons (Fsp3) is 0.250. The predicted octanol–water partition coefficient (Wildman–Crippen LogP) is 1.09. The van der Waals surface area contributed by atoms with Crippen LogP contribution in [0.4, 0.5) is 18.9 Å². The third kappa shape index (κ3) is 2.59. The monoisotopic (exact) mass is 297 g/mol. The van der Waals surface area contributed by atoms with Crippen molar-refractivity contribution in [2.45, 2.75) is 6.04 Å². The minimum atomic E-state index is -1.38. The Balaban J connectivity index is 1.78. The number of anilines is 1. The molecule has 2 aromatic rings. The number of nitrogens with one attached hydrogen (secondary N) is 2. The molecule has 2 heterocycles. The summed E-state index contributed by atoms with van der Waals surface area (Å²) in [6, 6.07) is 1.20. The van der Waals surface area contributed by atoms with Crippen LogP contribution in [0.15, 0.2) is 18.3 Å². The molecular weight excluding hydrogens is 287 g/mol. The standard InChI is InChI=1S/C12H10F3N5O/c13-6-1-8(14)11(15)9(2-6)17-12(21)10-5-20(19-18-10)7-3-16-4-7/h1-2,5,7,16H,3-4H2,(H,17,21). The van der Waals surface area contributed by atoms with E-state index in [4.69, 9.17) is 0 Å². The van der Waals surface area contributed by atoms with Crippen molar-refractivity contribution >= 4 is 11.6 Å². The number of amides is 1. The maximum absolute atomic E-state index is 13.4. The molecular formula is C12H10F3N5O. The van der Waals surface area contributed by atoms with Gasteiger partial charge in [0.05, 0.1) is 17.9 Å². The zero-order chi connectivity index (χ0) is 15.0. The Morgan fingerprint density at radius 1 is 1.33 bits per heavy atom. The summed E-state index contributed by atoms with van der Waals surface area (Å²) in [4.78, 5) is 11.9. The van der Waals surface area contributed by atoms with Crippen LogP contribution in [0.1, 0.15) is 16.5 Å². The molecule has 21 heavy (non-hydrogen) atoms. The first-order valence-corrected chi connectivity index (χ1v) is 6.13. The van der Waals surface area contributed by atoms with Gasteiger partial charge in [-0.05, 0) is 0 Å². The average Bonchev–Trinajstić information content (AvgIpc) is 2.82. The van der Waals surface area contributed by atoms with E-state index in [0.717, 1.165) is 0 Å². The van der Waals surface area contributed by atoms with E-state index in [9.17, 15) is 18.0 Å². The van der Waals surface area contributed by atoms with Crippen LogP contribution in [0.5, 0.6) is 0 Å². The maximum Gasteiger partial charge on any atom is 0.277 e. The second-order valence-electron chi connectivity index (χ2n) is 4.60. The third-order valence-corrected chi connectivity index (χ3v) is 3.12. The van der Waals surface area contributed by atoms with Gasteiger partial charge in [-0.3, -0.25) is 4.79 Å². The number of carbonyl (C=O) groups excluding carboxylic acids is 1. The van der Waals surface area contributed by atoms with Crippen LogP contribution in [0.2, 0.25) is 0 Å². The van der Waals surface area contributed by atoms with Gasteiger partial charge in [0.1, 0.15) is 5.82 Å². The highest BCUT2D eigenvalue weighted by Crippen LogP contribution is 2.20. The summed E-state index contributed by atoms with van der Waals surface area (Å²) in [6.45, 7) is 1.43. The average molecular weight is 297 g/mol. The largest absolute Gasteiger partial charge is 0.318 e. The molecule has 0 atom stereocenters. The van der Waals surface area contributed by atoms with Crippen molar-refractivity contribution in [1.82, 2.24) is 20.3 Å². The number of aromatic nitrogens is 3. The van der Waals surface area contributed by atoms with Gasteiger partial charge in [0.25, 0.3) is 5.91 Å². The van der Waals surface area contributed by atoms with Gasteiger partial charge in [0, 0.05) is 25.2 Å². The summed E-state index contributed by atoms with van der Waals surface area (Å²) in [6.07, 6.45) is 1.40. The van der Waals surface area contributed by atoms with Crippen LogP contribution >= 0.6 is 0 Å². The maximum atomic E-state index is 13.4. The first kappa shape index (κ1) is 13.6. The van der Waals surface area contributed by atoms with Crippen LogP contribution in [-0.2, 0) is 0 Å². The van der Waals surface area contributed by atoms with Gasteiger partial charge in [0.2, 0.25) is 0 Å². The van der Waals surface area contributed by atoms with Crippen LogP contribution in [0, 0.1) is 17.5 Å². The molecule has 0 radical (unpaired) electrons. The molecule has 0 unspecified atom stereocenters. The summed E-state index contributed by atoms with van der Waals surface area (Å²) < 4.78 is 41.0. The number of hydrogen-bond donors (Lipinski definition) is 2. The number of nitrogens with zero attached hydrogens (tertiary/aromatic N) is 3. The van der Waals surface area contributed by atoms with Crippen LogP contribution in [0.3, 0.4) is 0 Å². The highest BCUT2D eigenvalue weighted by Gasteiger charge is 2.22. The Kier molecular flexibility index (Phi) is 3.34. The number of hydrogen-bond acceptors (Lipinski definition) is 4. The number of carbonyl (C=O) groups is 1. The lowest BCUT2D eigenvalue weighted by Crippen LogP contribution is -2.43. The molecule has 6 nitrogen and oxygen atoms in total. The number of benzene rings is 1. The van der Waals surface area contributed by atoms with Crippen molar-refractivity contribution in [3.05, 3.63) is 41.5 Å². The fourth-order valence-electron chi connectivity index (χ4n) is 1.85. The summed E-state index contributed by atoms with van der Waals surface area (Å²) in [5.74, 6) is -4.50. The normalized spacial score (nSPS) is 14.8. The van der Waals surface area contributed by atoms with Crippen LogP contribution in [0.25, 0.3) is 0 Å². The zero-order valence-electron chi connectivity index (χ0n) is 10.6. The van der Waals surface area contributed by atoms with Crippen molar-refractivity contribution in [3.8, 4) is 0 Å². The molecule has 3 rings (SSSR count). The van der Waals surface area contributed by atoms with Crippen LogP contribution in [-0.4, -0.2) is 34.0 Å². The van der Waals surface area contributed by atoms with E-state index in [1.807, 2.05) is 0 Å². The van der Waals surface area contributed by atoms with Gasteiger partial charge >= 0.3 is 0 Å². The summed E-state index contributed by atoms with van der Waals surface area (Å²) in [7, 11) is 0. The Bertz CT molecular complexity index is 698. The van der Waals surface area contributed by atoms with E-state index in [2.05, 4.69) is 20.9 Å². The molecule has 0 aliphatic carbocycles. The molecule has 0 bridgehead atoms. The minimum Gasteiger partial charge on any atom is -0.318 e. The summed E-state index contributed by atoms with van der Waals surface area (Å²) >= 11 is 0. The van der Waals surface area contributed by atoms with E-state index in [1.54, 1.807) is 0 Å². The van der Waals surface area contributed by atoms with Gasteiger partial charge in [-0.15, -0.1) is 5.10 Å². The molecule has 0 saturated carbocycles. The highest BCUT2D eigenvalue weighted by atomic mass is 19.2. The SMILES string of the molecule is O=C(Nc1cc(F)cc(F)c1F)c1cn(C2CNC2)nn1. The van der Waals surface area contributed by atoms with Crippen molar-refractivity contribution in [2.24, 2.45) is 0 Å². The zero-order valence-corrected chi connectivity index (χ0v) is 10.6. The molecule has 1 amide bonds. The lowest BCUT2D eigenvalue weighted by molar-refractivity contribution is 0.102. The number of rotatable bonds is 3. The van der Waals surface area contributed by atoms with Crippen molar-refractivity contribution in [3.63, 3.8) is 0 Å². The van der Waals surface area contributed by atoms with Gasteiger partial charge in [-0.1, -0.05) is 5.21 Å². The second-order valence-corrected chi connectivity index (χ2v) is 4.60. The van der Waals surface area contributed by atoms with E-state index in [1.165, 1.54) is 10.9 Å².